The number of hydrogen-bond acceptors (Lipinski definition) is 2. The SMILES string of the molecule is CC.CSCCNC(C)=O. The zero-order valence-electron chi connectivity index (χ0n) is 7.23. The zero-order chi connectivity index (χ0) is 8.41. The maximum absolute atomic E-state index is 10.2. The summed E-state index contributed by atoms with van der Waals surface area (Å²) in [5, 5.41) is 2.69. The third kappa shape index (κ3) is 15.7. The smallest absolute Gasteiger partial charge is 0.216 e. The first-order chi connectivity index (χ1) is 4.77. The van der Waals surface area contributed by atoms with Crippen LogP contribution in [0.15, 0.2) is 0 Å². The summed E-state index contributed by atoms with van der Waals surface area (Å²) in [5.41, 5.74) is 0. The van der Waals surface area contributed by atoms with E-state index in [0.29, 0.717) is 0 Å². The molecule has 0 spiro atoms. The Morgan fingerprint density at radius 3 is 2.30 bits per heavy atom. The largest absolute Gasteiger partial charge is 0.356 e. The minimum Gasteiger partial charge on any atom is -0.356 e. The summed E-state index contributed by atoms with van der Waals surface area (Å²) in [6.45, 7) is 6.32. The van der Waals surface area contributed by atoms with Crippen LogP contribution in [0.3, 0.4) is 0 Å². The van der Waals surface area contributed by atoms with Crippen LogP contribution in [-0.4, -0.2) is 24.5 Å². The summed E-state index contributed by atoms with van der Waals surface area (Å²) < 4.78 is 0. The fourth-order valence-corrected chi connectivity index (χ4v) is 0.635. The molecule has 0 atom stereocenters. The molecule has 0 radical (unpaired) electrons. The van der Waals surface area contributed by atoms with E-state index in [-0.39, 0.29) is 5.91 Å². The van der Waals surface area contributed by atoms with E-state index in [4.69, 9.17) is 0 Å². The van der Waals surface area contributed by atoms with Gasteiger partial charge in [-0.25, -0.2) is 0 Å². The Bertz CT molecular complexity index is 76.0. The summed E-state index contributed by atoms with van der Waals surface area (Å²) in [7, 11) is 0. The highest BCUT2D eigenvalue weighted by Gasteiger charge is 1.85. The van der Waals surface area contributed by atoms with Crippen LogP contribution in [0.4, 0.5) is 0 Å². The van der Waals surface area contributed by atoms with Gasteiger partial charge in [0, 0.05) is 19.2 Å². The van der Waals surface area contributed by atoms with Crippen molar-refractivity contribution in [2.75, 3.05) is 18.6 Å². The molecule has 1 N–H and O–H groups in total. The molecule has 62 valence electrons. The molecule has 0 saturated carbocycles. The van der Waals surface area contributed by atoms with E-state index in [1.54, 1.807) is 11.8 Å². The molecule has 0 saturated heterocycles. The van der Waals surface area contributed by atoms with Crippen molar-refractivity contribution in [3.05, 3.63) is 0 Å². The molecule has 0 aromatic carbocycles. The number of carbonyl (C=O) groups excluding carboxylic acids is 1. The number of thioether (sulfide) groups is 1. The lowest BCUT2D eigenvalue weighted by molar-refractivity contribution is -0.118. The van der Waals surface area contributed by atoms with Gasteiger partial charge in [-0.1, -0.05) is 13.8 Å². The molecule has 10 heavy (non-hydrogen) atoms. The average molecular weight is 163 g/mol. The first-order valence-electron chi connectivity index (χ1n) is 3.50. The molecule has 0 fully saturated rings. The fourth-order valence-electron chi connectivity index (χ4n) is 0.329. The van der Waals surface area contributed by atoms with Crippen molar-refractivity contribution in [1.82, 2.24) is 5.32 Å². The van der Waals surface area contributed by atoms with Gasteiger partial charge in [-0.3, -0.25) is 4.79 Å². The van der Waals surface area contributed by atoms with Crippen LogP contribution < -0.4 is 5.32 Å². The van der Waals surface area contributed by atoms with Gasteiger partial charge in [0.15, 0.2) is 0 Å². The quantitative estimate of drug-likeness (QED) is 0.639. The molecule has 1 amide bonds. The molecule has 2 nitrogen and oxygen atoms in total. The van der Waals surface area contributed by atoms with Crippen molar-refractivity contribution < 1.29 is 4.79 Å². The lowest BCUT2D eigenvalue weighted by Crippen LogP contribution is -2.22. The number of carbonyl (C=O) groups is 1. The molecule has 0 bridgehead atoms. The molecular weight excluding hydrogens is 146 g/mol. The maximum Gasteiger partial charge on any atom is 0.216 e. The van der Waals surface area contributed by atoms with Crippen molar-refractivity contribution in [3.8, 4) is 0 Å². The van der Waals surface area contributed by atoms with Gasteiger partial charge in [0.1, 0.15) is 0 Å². The van der Waals surface area contributed by atoms with Gasteiger partial charge in [0.05, 0.1) is 0 Å². The molecule has 0 aliphatic heterocycles. The summed E-state index contributed by atoms with van der Waals surface area (Å²) in [5.74, 6) is 1.05. The Morgan fingerprint density at radius 1 is 1.50 bits per heavy atom. The fraction of sp³-hybridized carbons (Fsp3) is 0.857. The molecule has 0 aliphatic carbocycles. The van der Waals surface area contributed by atoms with Crippen LogP contribution >= 0.6 is 11.8 Å². The number of rotatable bonds is 3. The topological polar surface area (TPSA) is 29.1 Å². The van der Waals surface area contributed by atoms with Gasteiger partial charge in [-0.15, -0.1) is 0 Å². The van der Waals surface area contributed by atoms with Gasteiger partial charge >= 0.3 is 0 Å². The Hall–Kier alpha value is -0.180. The zero-order valence-corrected chi connectivity index (χ0v) is 8.05. The summed E-state index contributed by atoms with van der Waals surface area (Å²) in [6.07, 6.45) is 2.02. The molecule has 0 aliphatic rings. The van der Waals surface area contributed by atoms with Crippen LogP contribution in [0.25, 0.3) is 0 Å². The Kier molecular flexibility index (Phi) is 14.5. The third-order valence-corrected chi connectivity index (χ3v) is 1.29. The monoisotopic (exact) mass is 163 g/mol. The maximum atomic E-state index is 10.2. The average Bonchev–Trinajstić information content (AvgIpc) is 1.92. The van der Waals surface area contributed by atoms with Crippen molar-refractivity contribution in [3.63, 3.8) is 0 Å². The third-order valence-electron chi connectivity index (χ3n) is 0.680. The molecule has 0 unspecified atom stereocenters. The highest BCUT2D eigenvalue weighted by atomic mass is 32.2. The molecule has 0 aromatic rings. The summed E-state index contributed by atoms with van der Waals surface area (Å²) in [6, 6.07) is 0. The van der Waals surface area contributed by atoms with E-state index in [2.05, 4.69) is 5.32 Å². The van der Waals surface area contributed by atoms with Crippen LogP contribution in [0.1, 0.15) is 20.8 Å². The van der Waals surface area contributed by atoms with E-state index in [1.165, 1.54) is 6.92 Å². The van der Waals surface area contributed by atoms with E-state index in [1.807, 2.05) is 20.1 Å². The minimum atomic E-state index is 0.0547. The standard InChI is InChI=1S/C5H11NOS.C2H6/c1-5(7)6-3-4-8-2;1-2/h3-4H2,1-2H3,(H,6,7);1-2H3. The number of amides is 1. The second-order valence-electron chi connectivity index (χ2n) is 1.48. The summed E-state index contributed by atoms with van der Waals surface area (Å²) >= 11 is 1.73. The molecule has 0 aromatic heterocycles. The lowest BCUT2D eigenvalue weighted by atomic mass is 10.6. The van der Waals surface area contributed by atoms with Crippen LogP contribution in [0, 0.1) is 0 Å². The van der Waals surface area contributed by atoms with Crippen molar-refractivity contribution in [1.29, 1.82) is 0 Å². The number of hydrogen-bond donors (Lipinski definition) is 1. The van der Waals surface area contributed by atoms with E-state index >= 15 is 0 Å². The predicted molar refractivity (Wildman–Crippen MR) is 48.4 cm³/mol. The second-order valence-corrected chi connectivity index (χ2v) is 2.46. The van der Waals surface area contributed by atoms with Gasteiger partial charge < -0.3 is 5.32 Å². The first-order valence-corrected chi connectivity index (χ1v) is 4.90. The van der Waals surface area contributed by atoms with Gasteiger partial charge in [0.2, 0.25) is 5.91 Å². The van der Waals surface area contributed by atoms with E-state index in [0.717, 1.165) is 12.3 Å². The second kappa shape index (κ2) is 11.6. The van der Waals surface area contributed by atoms with Gasteiger partial charge in [-0.05, 0) is 6.26 Å². The lowest BCUT2D eigenvalue weighted by Gasteiger charge is -1.96. The highest BCUT2D eigenvalue weighted by Crippen LogP contribution is 1.86. The van der Waals surface area contributed by atoms with E-state index in [9.17, 15) is 4.79 Å². The molecular formula is C7H17NOS. The Labute approximate surface area is 67.8 Å². The van der Waals surface area contributed by atoms with Gasteiger partial charge in [0.25, 0.3) is 0 Å². The first kappa shape index (κ1) is 12.5. The Morgan fingerprint density at radius 2 is 2.00 bits per heavy atom. The van der Waals surface area contributed by atoms with E-state index < -0.39 is 0 Å². The Balaban J connectivity index is 0. The van der Waals surface area contributed by atoms with Crippen LogP contribution in [0.2, 0.25) is 0 Å². The number of nitrogens with one attached hydrogen (secondary N) is 1. The van der Waals surface area contributed by atoms with Crippen LogP contribution in [-0.2, 0) is 4.79 Å². The van der Waals surface area contributed by atoms with Crippen LogP contribution in [0.5, 0.6) is 0 Å². The predicted octanol–water partition coefficient (Wildman–Crippen LogP) is 1.51. The van der Waals surface area contributed by atoms with Crippen molar-refractivity contribution >= 4 is 17.7 Å². The molecule has 0 heterocycles. The van der Waals surface area contributed by atoms with Crippen molar-refractivity contribution in [2.45, 2.75) is 20.8 Å². The molecule has 3 heteroatoms. The van der Waals surface area contributed by atoms with Gasteiger partial charge in [-0.2, -0.15) is 11.8 Å². The molecule has 0 rings (SSSR count). The minimum absolute atomic E-state index is 0.0547. The summed E-state index contributed by atoms with van der Waals surface area (Å²) in [4.78, 5) is 10.2. The highest BCUT2D eigenvalue weighted by molar-refractivity contribution is 7.98. The normalized spacial score (nSPS) is 7.60. The van der Waals surface area contributed by atoms with Crippen molar-refractivity contribution in [2.24, 2.45) is 0 Å².